The summed E-state index contributed by atoms with van der Waals surface area (Å²) in [4.78, 5) is 3.70. The van der Waals surface area contributed by atoms with E-state index in [0.29, 0.717) is 12.6 Å². The molecule has 1 heterocycles. The Bertz CT molecular complexity index is 377. The lowest BCUT2D eigenvalue weighted by atomic mass is 10.3. The molecule has 0 aliphatic carbocycles. The van der Waals surface area contributed by atoms with Gasteiger partial charge in [-0.05, 0) is 6.92 Å². The fraction of sp³-hybridized carbons (Fsp3) is 0.500. The molecule has 0 bridgehead atoms. The minimum absolute atomic E-state index is 0.0603. The van der Waals surface area contributed by atoms with Crippen LogP contribution in [0.15, 0.2) is 6.07 Å². The van der Waals surface area contributed by atoms with Crippen molar-refractivity contribution in [3.63, 3.8) is 0 Å². The van der Waals surface area contributed by atoms with Crippen LogP contribution in [0.1, 0.15) is 6.92 Å². The van der Waals surface area contributed by atoms with E-state index >= 15 is 0 Å². The summed E-state index contributed by atoms with van der Waals surface area (Å²) in [6.45, 7) is 1.69. The number of hydrogen-bond acceptors (Lipinski definition) is 5. The number of aliphatic hydroxyl groups is 2. The van der Waals surface area contributed by atoms with Crippen molar-refractivity contribution in [3.05, 3.63) is 17.7 Å². The Labute approximate surface area is 97.5 Å². The van der Waals surface area contributed by atoms with Gasteiger partial charge in [-0.1, -0.05) is 0 Å². The maximum atomic E-state index is 13.3. The Morgan fingerprint density at radius 2 is 1.88 bits per heavy atom. The van der Waals surface area contributed by atoms with E-state index in [-0.39, 0.29) is 18.2 Å². The first-order valence-electron chi connectivity index (χ1n) is 5.21. The van der Waals surface area contributed by atoms with Crippen LogP contribution in [0.4, 0.5) is 20.4 Å². The van der Waals surface area contributed by atoms with Gasteiger partial charge in [0.2, 0.25) is 0 Å². The zero-order chi connectivity index (χ0) is 12.8. The van der Waals surface area contributed by atoms with Gasteiger partial charge in [-0.2, -0.15) is 0 Å². The molecule has 0 radical (unpaired) electrons. The molecule has 5 nitrogen and oxygen atoms in total. The molecule has 1 unspecified atom stereocenters. The summed E-state index contributed by atoms with van der Waals surface area (Å²) < 4.78 is 26.5. The minimum atomic E-state index is -1.02. The summed E-state index contributed by atoms with van der Waals surface area (Å²) in [5.74, 6) is -1.86. The van der Waals surface area contributed by atoms with Crippen LogP contribution < -0.4 is 10.6 Å². The molecule has 96 valence electrons. The van der Waals surface area contributed by atoms with Gasteiger partial charge in [0.05, 0.1) is 12.7 Å². The van der Waals surface area contributed by atoms with Gasteiger partial charge in [0.15, 0.2) is 23.3 Å². The molecule has 17 heavy (non-hydrogen) atoms. The van der Waals surface area contributed by atoms with Crippen LogP contribution in [-0.4, -0.2) is 41.0 Å². The second kappa shape index (κ2) is 6.31. The first-order valence-corrected chi connectivity index (χ1v) is 5.21. The maximum absolute atomic E-state index is 13.3. The third kappa shape index (κ3) is 3.79. The number of nitrogens with one attached hydrogen (secondary N) is 2. The predicted octanol–water partition coefficient (Wildman–Crippen LogP) is 0.557. The van der Waals surface area contributed by atoms with Gasteiger partial charge in [0.1, 0.15) is 0 Å². The van der Waals surface area contributed by atoms with Crippen molar-refractivity contribution in [1.82, 2.24) is 4.98 Å². The van der Waals surface area contributed by atoms with Crippen LogP contribution in [0, 0.1) is 11.6 Å². The highest BCUT2D eigenvalue weighted by atomic mass is 19.1. The van der Waals surface area contributed by atoms with Gasteiger partial charge in [-0.25, -0.2) is 13.8 Å². The lowest BCUT2D eigenvalue weighted by Gasteiger charge is -2.12. The maximum Gasteiger partial charge on any atom is 0.168 e. The van der Waals surface area contributed by atoms with Gasteiger partial charge in [0.25, 0.3) is 0 Å². The first-order chi connectivity index (χ1) is 8.08. The molecule has 0 amide bonds. The largest absolute Gasteiger partial charge is 0.394 e. The monoisotopic (exact) mass is 247 g/mol. The molecule has 7 heteroatoms. The summed E-state index contributed by atoms with van der Waals surface area (Å²) in [6, 6.07) is 0.707. The van der Waals surface area contributed by atoms with Gasteiger partial charge in [-0.15, -0.1) is 0 Å². The van der Waals surface area contributed by atoms with E-state index in [0.717, 1.165) is 0 Å². The van der Waals surface area contributed by atoms with Crippen LogP contribution in [0.3, 0.4) is 0 Å². The van der Waals surface area contributed by atoms with Crippen molar-refractivity contribution in [3.8, 4) is 0 Å². The quantitative estimate of drug-likeness (QED) is 0.591. The third-order valence-electron chi connectivity index (χ3n) is 1.99. The first kappa shape index (κ1) is 13.6. The number of hydrogen-bond donors (Lipinski definition) is 4. The molecule has 1 aromatic heterocycles. The predicted molar refractivity (Wildman–Crippen MR) is 59.9 cm³/mol. The van der Waals surface area contributed by atoms with Crippen molar-refractivity contribution >= 4 is 11.6 Å². The number of pyridine rings is 1. The van der Waals surface area contributed by atoms with E-state index < -0.39 is 24.3 Å². The Kier molecular flexibility index (Phi) is 5.05. The Balaban J connectivity index is 2.80. The fourth-order valence-electron chi connectivity index (χ4n) is 1.16. The van der Waals surface area contributed by atoms with Gasteiger partial charge < -0.3 is 20.8 Å². The van der Waals surface area contributed by atoms with Crippen molar-refractivity contribution in [1.29, 1.82) is 0 Å². The Morgan fingerprint density at radius 3 is 2.41 bits per heavy atom. The number of rotatable bonds is 6. The second-order valence-electron chi connectivity index (χ2n) is 3.40. The third-order valence-corrected chi connectivity index (χ3v) is 1.99. The molecule has 4 N–H and O–H groups in total. The molecule has 0 aromatic carbocycles. The summed E-state index contributed by atoms with van der Waals surface area (Å²) in [7, 11) is 0. The van der Waals surface area contributed by atoms with Crippen LogP contribution in [-0.2, 0) is 0 Å². The zero-order valence-electron chi connectivity index (χ0n) is 9.37. The topological polar surface area (TPSA) is 77.4 Å². The van der Waals surface area contributed by atoms with E-state index in [1.54, 1.807) is 6.92 Å². The van der Waals surface area contributed by atoms with Gasteiger partial charge in [0, 0.05) is 19.2 Å². The Morgan fingerprint density at radius 1 is 1.29 bits per heavy atom. The van der Waals surface area contributed by atoms with Crippen LogP contribution >= 0.6 is 0 Å². The Hall–Kier alpha value is -1.47. The van der Waals surface area contributed by atoms with E-state index in [1.807, 2.05) is 0 Å². The van der Waals surface area contributed by atoms with Gasteiger partial charge >= 0.3 is 0 Å². The number of anilines is 2. The molecule has 0 saturated carbocycles. The lowest BCUT2D eigenvalue weighted by Crippen LogP contribution is -2.24. The second-order valence-corrected chi connectivity index (χ2v) is 3.40. The summed E-state index contributed by atoms with van der Waals surface area (Å²) in [5, 5.41) is 22.8. The van der Waals surface area contributed by atoms with Crippen molar-refractivity contribution in [2.24, 2.45) is 0 Å². The number of aliphatic hydroxyl groups excluding tert-OH is 2. The normalized spacial score (nSPS) is 12.3. The van der Waals surface area contributed by atoms with Crippen molar-refractivity contribution < 1.29 is 19.0 Å². The lowest BCUT2D eigenvalue weighted by molar-refractivity contribution is 0.105. The standard InChI is InChI=1S/C10H15F2N3O2/c1-2-13-9-7(11)3-8(12)10(15-9)14-4-6(17)5-16/h3,6,16-17H,2,4-5H2,1H3,(H2,13,14,15). The number of halogens is 2. The van der Waals surface area contributed by atoms with Crippen LogP contribution in [0.2, 0.25) is 0 Å². The minimum Gasteiger partial charge on any atom is -0.394 e. The number of aromatic nitrogens is 1. The fourth-order valence-corrected chi connectivity index (χ4v) is 1.16. The summed E-state index contributed by atoms with van der Waals surface area (Å²) in [6.07, 6.45) is -1.02. The molecular weight excluding hydrogens is 232 g/mol. The van der Waals surface area contributed by atoms with E-state index in [4.69, 9.17) is 10.2 Å². The molecular formula is C10H15F2N3O2. The van der Waals surface area contributed by atoms with E-state index in [2.05, 4.69) is 15.6 Å². The summed E-state index contributed by atoms with van der Waals surface area (Å²) >= 11 is 0. The average molecular weight is 247 g/mol. The molecule has 0 saturated heterocycles. The SMILES string of the molecule is CCNc1nc(NCC(O)CO)c(F)cc1F. The average Bonchev–Trinajstić information content (AvgIpc) is 2.30. The van der Waals surface area contributed by atoms with Gasteiger partial charge in [-0.3, -0.25) is 0 Å². The molecule has 0 spiro atoms. The highest BCUT2D eigenvalue weighted by Gasteiger charge is 2.12. The van der Waals surface area contributed by atoms with Crippen LogP contribution in [0.5, 0.6) is 0 Å². The van der Waals surface area contributed by atoms with Crippen LogP contribution in [0.25, 0.3) is 0 Å². The van der Waals surface area contributed by atoms with Crippen molar-refractivity contribution in [2.75, 3.05) is 30.3 Å². The highest BCUT2D eigenvalue weighted by molar-refractivity contribution is 5.47. The molecule has 0 aliphatic rings. The zero-order valence-corrected chi connectivity index (χ0v) is 9.37. The highest BCUT2D eigenvalue weighted by Crippen LogP contribution is 2.18. The van der Waals surface area contributed by atoms with E-state index in [9.17, 15) is 8.78 Å². The molecule has 1 aromatic rings. The number of nitrogens with zero attached hydrogens (tertiary/aromatic N) is 1. The molecule has 1 atom stereocenters. The molecule has 1 rings (SSSR count). The van der Waals surface area contributed by atoms with Crippen molar-refractivity contribution in [2.45, 2.75) is 13.0 Å². The van der Waals surface area contributed by atoms with E-state index in [1.165, 1.54) is 0 Å². The molecule has 0 fully saturated rings. The smallest absolute Gasteiger partial charge is 0.168 e. The molecule has 0 aliphatic heterocycles. The summed E-state index contributed by atoms with van der Waals surface area (Å²) in [5.41, 5.74) is 0.